The molecule has 0 aromatic carbocycles. The minimum Gasteiger partial charge on any atom is -0.480 e. The first kappa shape index (κ1) is 15.9. The summed E-state index contributed by atoms with van der Waals surface area (Å²) in [5.41, 5.74) is 0. The fraction of sp³-hybridized carbons (Fsp3) is 0.833. The third-order valence-electron chi connectivity index (χ3n) is 2.59. The van der Waals surface area contributed by atoms with Crippen molar-refractivity contribution in [3.63, 3.8) is 0 Å². The first-order chi connectivity index (χ1) is 7.97. The van der Waals surface area contributed by atoms with Gasteiger partial charge in [-0.2, -0.15) is 0 Å². The Kier molecular flexibility index (Phi) is 8.40. The second-order valence-electron chi connectivity index (χ2n) is 4.41. The summed E-state index contributed by atoms with van der Waals surface area (Å²) in [5.74, 6) is -1.10. The molecule has 0 rings (SSSR count). The number of rotatable bonds is 9. The van der Waals surface area contributed by atoms with Gasteiger partial charge in [-0.05, 0) is 20.3 Å². The number of carboxylic acid groups (broad SMARTS) is 1. The highest BCUT2D eigenvalue weighted by atomic mass is 16.4. The third kappa shape index (κ3) is 8.68. The van der Waals surface area contributed by atoms with E-state index < -0.39 is 12.0 Å². The molecular weight excluding hydrogens is 220 g/mol. The second-order valence-corrected chi connectivity index (χ2v) is 4.41. The van der Waals surface area contributed by atoms with E-state index in [1.807, 2.05) is 6.92 Å². The largest absolute Gasteiger partial charge is 0.480 e. The van der Waals surface area contributed by atoms with Gasteiger partial charge in [0.25, 0.3) is 0 Å². The summed E-state index contributed by atoms with van der Waals surface area (Å²) >= 11 is 0. The van der Waals surface area contributed by atoms with Gasteiger partial charge in [0.05, 0.1) is 6.54 Å². The molecule has 100 valence electrons. The number of nitrogens with one attached hydrogen (secondary N) is 2. The topological polar surface area (TPSA) is 78.4 Å². The Morgan fingerprint density at radius 3 is 2.41 bits per heavy atom. The molecule has 0 aliphatic carbocycles. The molecule has 2 unspecified atom stereocenters. The molecule has 0 aromatic rings. The number of unbranched alkanes of at least 4 members (excludes halogenated alkanes) is 2. The second kappa shape index (κ2) is 8.98. The monoisotopic (exact) mass is 244 g/mol. The van der Waals surface area contributed by atoms with Crippen LogP contribution in [-0.4, -0.2) is 35.6 Å². The molecule has 0 saturated heterocycles. The van der Waals surface area contributed by atoms with Crippen molar-refractivity contribution in [2.45, 2.75) is 58.5 Å². The average Bonchev–Trinajstić information content (AvgIpc) is 2.26. The lowest BCUT2D eigenvalue weighted by molar-refractivity contribution is -0.139. The number of carbonyl (C=O) groups excluding carboxylic acids is 1. The van der Waals surface area contributed by atoms with Crippen LogP contribution in [0.1, 0.15) is 46.5 Å². The lowest BCUT2D eigenvalue weighted by Gasteiger charge is -2.15. The van der Waals surface area contributed by atoms with Crippen molar-refractivity contribution in [1.82, 2.24) is 10.6 Å². The van der Waals surface area contributed by atoms with Gasteiger partial charge in [0.15, 0.2) is 0 Å². The van der Waals surface area contributed by atoms with E-state index in [1.54, 1.807) is 0 Å². The number of hydrogen-bond donors (Lipinski definition) is 3. The molecule has 1 amide bonds. The molecule has 0 aliphatic rings. The van der Waals surface area contributed by atoms with Gasteiger partial charge in [0.1, 0.15) is 6.04 Å². The minimum absolute atomic E-state index is 0.0472. The van der Waals surface area contributed by atoms with E-state index in [0.717, 1.165) is 12.8 Å². The van der Waals surface area contributed by atoms with Crippen molar-refractivity contribution in [2.24, 2.45) is 0 Å². The van der Waals surface area contributed by atoms with Crippen molar-refractivity contribution in [3.05, 3.63) is 0 Å². The Morgan fingerprint density at radius 1 is 1.24 bits per heavy atom. The summed E-state index contributed by atoms with van der Waals surface area (Å²) in [6.45, 7) is 5.67. The third-order valence-corrected chi connectivity index (χ3v) is 2.59. The Labute approximate surface area is 103 Å². The van der Waals surface area contributed by atoms with Gasteiger partial charge in [-0.1, -0.05) is 26.2 Å². The number of hydrogen-bond acceptors (Lipinski definition) is 3. The molecule has 0 radical (unpaired) electrons. The number of amides is 1. The maximum atomic E-state index is 11.4. The Hall–Kier alpha value is -1.10. The smallest absolute Gasteiger partial charge is 0.320 e. The number of carboxylic acids is 1. The van der Waals surface area contributed by atoms with Gasteiger partial charge < -0.3 is 10.4 Å². The van der Waals surface area contributed by atoms with Crippen molar-refractivity contribution in [3.8, 4) is 0 Å². The highest BCUT2D eigenvalue weighted by molar-refractivity contribution is 5.79. The van der Waals surface area contributed by atoms with Crippen molar-refractivity contribution in [1.29, 1.82) is 0 Å². The van der Waals surface area contributed by atoms with E-state index in [-0.39, 0.29) is 18.5 Å². The van der Waals surface area contributed by atoms with E-state index in [2.05, 4.69) is 17.6 Å². The van der Waals surface area contributed by atoms with Crippen molar-refractivity contribution >= 4 is 11.9 Å². The summed E-state index contributed by atoms with van der Waals surface area (Å²) in [6.07, 6.45) is 4.41. The first-order valence-corrected chi connectivity index (χ1v) is 6.23. The van der Waals surface area contributed by atoms with Crippen LogP contribution in [0.3, 0.4) is 0 Å². The molecule has 3 N–H and O–H groups in total. The fourth-order valence-corrected chi connectivity index (χ4v) is 1.43. The van der Waals surface area contributed by atoms with Crippen LogP contribution in [0.4, 0.5) is 0 Å². The molecule has 5 nitrogen and oxygen atoms in total. The zero-order valence-electron chi connectivity index (χ0n) is 11.0. The standard InChI is InChI=1S/C12H24N2O3/c1-4-5-6-7-9(2)14-11(15)8-13-10(3)12(16)17/h9-10,13H,4-8H2,1-3H3,(H,14,15)(H,16,17). The molecule has 0 aromatic heterocycles. The molecule has 0 fully saturated rings. The van der Waals surface area contributed by atoms with Crippen LogP contribution in [-0.2, 0) is 9.59 Å². The summed E-state index contributed by atoms with van der Waals surface area (Å²) in [7, 11) is 0. The zero-order chi connectivity index (χ0) is 13.3. The van der Waals surface area contributed by atoms with Crippen LogP contribution in [0.15, 0.2) is 0 Å². The average molecular weight is 244 g/mol. The summed E-state index contributed by atoms with van der Waals surface area (Å²) < 4.78 is 0. The minimum atomic E-state index is -0.950. The van der Waals surface area contributed by atoms with Crippen LogP contribution >= 0.6 is 0 Å². The molecule has 0 heterocycles. The Morgan fingerprint density at radius 2 is 1.88 bits per heavy atom. The van der Waals surface area contributed by atoms with Crippen LogP contribution < -0.4 is 10.6 Å². The van der Waals surface area contributed by atoms with Crippen LogP contribution in [0.5, 0.6) is 0 Å². The van der Waals surface area contributed by atoms with E-state index in [9.17, 15) is 9.59 Å². The fourth-order valence-electron chi connectivity index (χ4n) is 1.43. The summed E-state index contributed by atoms with van der Waals surface area (Å²) in [6, 6.07) is -0.549. The maximum Gasteiger partial charge on any atom is 0.320 e. The van der Waals surface area contributed by atoms with Gasteiger partial charge in [-0.15, -0.1) is 0 Å². The lowest BCUT2D eigenvalue weighted by Crippen LogP contribution is -2.43. The summed E-state index contributed by atoms with van der Waals surface area (Å²) in [4.78, 5) is 22.0. The molecule has 0 saturated carbocycles. The van der Waals surface area contributed by atoms with Gasteiger partial charge in [0, 0.05) is 6.04 Å². The molecule has 0 aliphatic heterocycles. The highest BCUT2D eigenvalue weighted by Gasteiger charge is 2.12. The molecule has 2 atom stereocenters. The SMILES string of the molecule is CCCCCC(C)NC(=O)CNC(C)C(=O)O. The van der Waals surface area contributed by atoms with Crippen molar-refractivity contribution in [2.75, 3.05) is 6.54 Å². The van der Waals surface area contributed by atoms with Crippen LogP contribution in [0.2, 0.25) is 0 Å². The van der Waals surface area contributed by atoms with Crippen LogP contribution in [0, 0.1) is 0 Å². The maximum absolute atomic E-state index is 11.4. The predicted octanol–water partition coefficient (Wildman–Crippen LogP) is 1.13. The molecular formula is C12H24N2O3. The summed E-state index contributed by atoms with van der Waals surface area (Å²) in [5, 5.41) is 14.1. The van der Waals surface area contributed by atoms with E-state index in [0.29, 0.717) is 0 Å². The van der Waals surface area contributed by atoms with Gasteiger partial charge >= 0.3 is 5.97 Å². The lowest BCUT2D eigenvalue weighted by atomic mass is 10.1. The first-order valence-electron chi connectivity index (χ1n) is 6.23. The Bertz CT molecular complexity index is 244. The van der Waals surface area contributed by atoms with Crippen molar-refractivity contribution < 1.29 is 14.7 Å². The van der Waals surface area contributed by atoms with E-state index >= 15 is 0 Å². The van der Waals surface area contributed by atoms with Crippen LogP contribution in [0.25, 0.3) is 0 Å². The Balaban J connectivity index is 3.67. The van der Waals surface area contributed by atoms with E-state index in [1.165, 1.54) is 19.8 Å². The molecule has 5 heteroatoms. The van der Waals surface area contributed by atoms with Gasteiger partial charge in [-0.25, -0.2) is 0 Å². The molecule has 17 heavy (non-hydrogen) atoms. The van der Waals surface area contributed by atoms with E-state index in [4.69, 9.17) is 5.11 Å². The quantitative estimate of drug-likeness (QED) is 0.531. The number of carbonyl (C=O) groups is 2. The molecule has 0 spiro atoms. The zero-order valence-corrected chi connectivity index (χ0v) is 11.0. The highest BCUT2D eigenvalue weighted by Crippen LogP contribution is 2.02. The normalized spacial score (nSPS) is 14.1. The van der Waals surface area contributed by atoms with Gasteiger partial charge in [-0.3, -0.25) is 14.9 Å². The number of aliphatic carboxylic acids is 1. The predicted molar refractivity (Wildman–Crippen MR) is 66.8 cm³/mol. The van der Waals surface area contributed by atoms with Gasteiger partial charge in [0.2, 0.25) is 5.91 Å². The molecule has 0 bridgehead atoms.